The lowest BCUT2D eigenvalue weighted by Crippen LogP contribution is -2.04. The molecule has 8 heteroatoms. The Labute approximate surface area is 131 Å². The first kappa shape index (κ1) is 16.1. The topological polar surface area (TPSA) is 65.0 Å². The van der Waals surface area contributed by atoms with Gasteiger partial charge in [0.05, 0.1) is 8.95 Å². The van der Waals surface area contributed by atoms with Crippen LogP contribution in [0.15, 0.2) is 26.2 Å². The lowest BCUT2D eigenvalue weighted by molar-refractivity contribution is -0.141. The molecule has 0 aliphatic rings. The van der Waals surface area contributed by atoms with E-state index in [-0.39, 0.29) is 5.17 Å². The van der Waals surface area contributed by atoms with Crippen LogP contribution in [0.3, 0.4) is 0 Å². The van der Waals surface area contributed by atoms with Gasteiger partial charge in [-0.2, -0.15) is 0 Å². The van der Waals surface area contributed by atoms with E-state index in [4.69, 9.17) is 16.3 Å². The van der Waals surface area contributed by atoms with Crippen molar-refractivity contribution < 1.29 is 19.2 Å². The average molecular weight is 413 g/mol. The minimum Gasteiger partial charge on any atom is -0.424 e. The van der Waals surface area contributed by atoms with Gasteiger partial charge in [0, 0.05) is 19.4 Å². The Hall–Kier alpha value is -0.920. The molecule has 0 aliphatic heterocycles. The minimum absolute atomic E-state index is 0.00836. The number of carbonyl (C=O) groups is 2. The molecule has 5 nitrogen and oxygen atoms in total. The first-order valence-corrected chi connectivity index (χ1v) is 6.86. The summed E-state index contributed by atoms with van der Waals surface area (Å²) in [5.41, 5.74) is 0.484. The Morgan fingerprint density at radius 3 is 2.11 bits per heavy atom. The molecule has 0 atom stereocenters. The van der Waals surface area contributed by atoms with Crippen LogP contribution in [0, 0.1) is 0 Å². The molecule has 0 spiro atoms. The number of halogens is 3. The number of rotatable bonds is 3. The Kier molecular flexibility index (Phi) is 5.96. The highest BCUT2D eigenvalue weighted by molar-refractivity contribution is 9.11. The second kappa shape index (κ2) is 7.02. The zero-order valence-corrected chi connectivity index (χ0v) is 13.8. The van der Waals surface area contributed by atoms with E-state index < -0.39 is 11.9 Å². The Morgan fingerprint density at radius 1 is 1.16 bits per heavy atom. The summed E-state index contributed by atoms with van der Waals surface area (Å²) in [6, 6.07) is 3.16. The van der Waals surface area contributed by atoms with E-state index in [0.717, 1.165) is 0 Å². The number of hydrogen-bond donors (Lipinski definition) is 0. The van der Waals surface area contributed by atoms with Crippen molar-refractivity contribution in [2.24, 2.45) is 5.16 Å². The van der Waals surface area contributed by atoms with Crippen LogP contribution in [0.4, 0.5) is 0 Å². The van der Waals surface area contributed by atoms with Gasteiger partial charge in [0.1, 0.15) is 0 Å². The molecule has 0 fully saturated rings. The summed E-state index contributed by atoms with van der Waals surface area (Å²) in [6.45, 7) is 2.51. The molecule has 0 heterocycles. The van der Waals surface area contributed by atoms with E-state index in [1.54, 1.807) is 12.1 Å². The SMILES string of the molecule is CC(=O)O/N=C(/Cl)c1cc(Br)c(OC(C)=O)c(Br)c1. The third-order valence-electron chi connectivity index (χ3n) is 1.74. The van der Waals surface area contributed by atoms with Crippen LogP contribution in [0.25, 0.3) is 0 Å². The van der Waals surface area contributed by atoms with Gasteiger partial charge in [0.25, 0.3) is 0 Å². The van der Waals surface area contributed by atoms with Crippen LogP contribution in [0.2, 0.25) is 0 Å². The molecule has 0 radical (unpaired) electrons. The van der Waals surface area contributed by atoms with Crippen LogP contribution < -0.4 is 4.74 Å². The molecule has 0 aromatic heterocycles. The molecule has 0 bridgehead atoms. The molecule has 1 aromatic carbocycles. The van der Waals surface area contributed by atoms with Crippen molar-refractivity contribution in [1.82, 2.24) is 0 Å². The number of carbonyl (C=O) groups excluding carboxylic acids is 2. The van der Waals surface area contributed by atoms with Gasteiger partial charge in [-0.1, -0.05) is 16.8 Å². The lowest BCUT2D eigenvalue weighted by Gasteiger charge is -2.08. The first-order chi connectivity index (χ1) is 8.81. The monoisotopic (exact) mass is 411 g/mol. The highest BCUT2D eigenvalue weighted by Crippen LogP contribution is 2.35. The largest absolute Gasteiger partial charge is 0.424 e. The van der Waals surface area contributed by atoms with Crippen molar-refractivity contribution in [3.8, 4) is 5.75 Å². The summed E-state index contributed by atoms with van der Waals surface area (Å²) in [6.07, 6.45) is 0. The van der Waals surface area contributed by atoms with Crippen molar-refractivity contribution >= 4 is 60.6 Å². The fraction of sp³-hybridized carbons (Fsp3) is 0.182. The molecule has 0 aliphatic carbocycles. The number of oxime groups is 1. The number of hydrogen-bond acceptors (Lipinski definition) is 5. The average Bonchev–Trinajstić information content (AvgIpc) is 2.30. The van der Waals surface area contributed by atoms with E-state index in [1.165, 1.54) is 13.8 Å². The van der Waals surface area contributed by atoms with E-state index in [9.17, 15) is 9.59 Å². The highest BCUT2D eigenvalue weighted by atomic mass is 79.9. The maximum absolute atomic E-state index is 10.9. The Bertz CT molecular complexity index is 537. The third kappa shape index (κ3) is 4.93. The number of benzene rings is 1. The van der Waals surface area contributed by atoms with E-state index >= 15 is 0 Å². The predicted molar refractivity (Wildman–Crippen MR) is 77.3 cm³/mol. The van der Waals surface area contributed by atoms with Crippen molar-refractivity contribution in [3.63, 3.8) is 0 Å². The molecule has 0 saturated heterocycles. The lowest BCUT2D eigenvalue weighted by atomic mass is 10.2. The van der Waals surface area contributed by atoms with Crippen LogP contribution in [-0.2, 0) is 14.4 Å². The van der Waals surface area contributed by atoms with Gasteiger partial charge in [-0.05, 0) is 44.0 Å². The molecule has 0 saturated carbocycles. The van der Waals surface area contributed by atoms with Crippen molar-refractivity contribution in [1.29, 1.82) is 0 Å². The van der Waals surface area contributed by atoms with Gasteiger partial charge < -0.3 is 9.57 Å². The van der Waals surface area contributed by atoms with Gasteiger partial charge in [0.15, 0.2) is 10.9 Å². The van der Waals surface area contributed by atoms with Gasteiger partial charge in [-0.25, -0.2) is 4.79 Å². The second-order valence-corrected chi connectivity index (χ2v) is 5.39. The highest BCUT2D eigenvalue weighted by Gasteiger charge is 2.13. The fourth-order valence-corrected chi connectivity index (χ4v) is 2.57. The molecule has 19 heavy (non-hydrogen) atoms. The molecule has 102 valence electrons. The summed E-state index contributed by atoms with van der Waals surface area (Å²) in [4.78, 5) is 26.0. The summed E-state index contributed by atoms with van der Waals surface area (Å²) < 4.78 is 6.01. The van der Waals surface area contributed by atoms with Gasteiger partial charge in [-0.15, -0.1) is 0 Å². The van der Waals surface area contributed by atoms with Crippen molar-refractivity contribution in [2.75, 3.05) is 0 Å². The minimum atomic E-state index is -0.576. The summed E-state index contributed by atoms with van der Waals surface area (Å²) in [5, 5.41) is 3.44. The first-order valence-electron chi connectivity index (χ1n) is 4.90. The Morgan fingerprint density at radius 2 is 1.68 bits per heavy atom. The standard InChI is InChI=1S/C11H8Br2ClNO4/c1-5(16)18-10-8(12)3-7(4-9(10)13)11(14)15-19-6(2)17/h3-4H,1-2H3/b15-11+. The summed E-state index contributed by atoms with van der Waals surface area (Å²) in [5.74, 6) is -0.699. The zero-order valence-electron chi connectivity index (χ0n) is 9.87. The quantitative estimate of drug-likeness (QED) is 0.250. The van der Waals surface area contributed by atoms with Gasteiger partial charge in [-0.3, -0.25) is 4.79 Å². The molecule has 0 unspecified atom stereocenters. The summed E-state index contributed by atoms with van der Waals surface area (Å²) in [7, 11) is 0. The number of ether oxygens (including phenoxy) is 1. The maximum atomic E-state index is 10.9. The fourth-order valence-electron chi connectivity index (χ4n) is 1.08. The van der Waals surface area contributed by atoms with Crippen LogP contribution in [0.1, 0.15) is 19.4 Å². The van der Waals surface area contributed by atoms with E-state index in [0.29, 0.717) is 20.3 Å². The second-order valence-electron chi connectivity index (χ2n) is 3.33. The normalized spacial score (nSPS) is 11.1. The summed E-state index contributed by atoms with van der Waals surface area (Å²) >= 11 is 12.4. The smallest absolute Gasteiger partial charge is 0.332 e. The van der Waals surface area contributed by atoms with Crippen LogP contribution >= 0.6 is 43.5 Å². The molecule has 1 aromatic rings. The van der Waals surface area contributed by atoms with Crippen molar-refractivity contribution in [3.05, 3.63) is 26.6 Å². The molecular formula is C11H8Br2ClNO4. The number of esters is 1. The Balaban J connectivity index is 3.10. The van der Waals surface area contributed by atoms with Gasteiger partial charge in [0.2, 0.25) is 0 Å². The molecular weight excluding hydrogens is 405 g/mol. The van der Waals surface area contributed by atoms with Crippen LogP contribution in [-0.4, -0.2) is 17.1 Å². The van der Waals surface area contributed by atoms with E-state index in [1.807, 2.05) is 0 Å². The molecule has 0 N–H and O–H groups in total. The van der Waals surface area contributed by atoms with Crippen molar-refractivity contribution in [2.45, 2.75) is 13.8 Å². The third-order valence-corrected chi connectivity index (χ3v) is 3.20. The predicted octanol–water partition coefficient (Wildman–Crippen LogP) is 3.60. The molecule has 1 rings (SSSR count). The van der Waals surface area contributed by atoms with Gasteiger partial charge >= 0.3 is 11.9 Å². The van der Waals surface area contributed by atoms with E-state index in [2.05, 4.69) is 41.9 Å². The molecule has 0 amide bonds. The zero-order chi connectivity index (χ0) is 14.6. The van der Waals surface area contributed by atoms with Crippen LogP contribution in [0.5, 0.6) is 5.75 Å². The number of nitrogens with zero attached hydrogens (tertiary/aromatic N) is 1. The maximum Gasteiger partial charge on any atom is 0.332 e.